The summed E-state index contributed by atoms with van der Waals surface area (Å²) < 4.78 is 0. The predicted molar refractivity (Wildman–Crippen MR) is 93.3 cm³/mol. The summed E-state index contributed by atoms with van der Waals surface area (Å²) in [5.74, 6) is 0.646. The summed E-state index contributed by atoms with van der Waals surface area (Å²) in [4.78, 5) is 14.5. The third-order valence-electron chi connectivity index (χ3n) is 4.67. The molecule has 0 saturated carbocycles. The van der Waals surface area contributed by atoms with Crippen molar-refractivity contribution in [1.82, 2.24) is 10.2 Å². The Hall–Kier alpha value is -1.39. The van der Waals surface area contributed by atoms with Crippen molar-refractivity contribution in [1.29, 1.82) is 0 Å². The van der Waals surface area contributed by atoms with Gasteiger partial charge in [0.2, 0.25) is 5.91 Å². The normalized spacial score (nSPS) is 16.9. The van der Waals surface area contributed by atoms with Crippen molar-refractivity contribution in [3.05, 3.63) is 35.4 Å². The van der Waals surface area contributed by atoms with Crippen LogP contribution in [0.25, 0.3) is 0 Å². The lowest BCUT2D eigenvalue weighted by Crippen LogP contribution is -2.55. The van der Waals surface area contributed by atoms with E-state index in [0.29, 0.717) is 38.4 Å². The Morgan fingerprint density at radius 3 is 2.35 bits per heavy atom. The quantitative estimate of drug-likeness (QED) is 0.877. The van der Waals surface area contributed by atoms with E-state index in [9.17, 15) is 9.90 Å². The number of piperidine rings is 1. The zero-order valence-electron chi connectivity index (χ0n) is 14.8. The molecule has 4 heteroatoms. The third-order valence-corrected chi connectivity index (χ3v) is 4.67. The SMILES string of the molecule is CC(C)c1ccc(CNC(C)(C)C(=O)N2CCC(O)CC2)cc1. The van der Waals surface area contributed by atoms with Crippen LogP contribution in [0.5, 0.6) is 0 Å². The second-order valence-electron chi connectivity index (χ2n) is 7.40. The average Bonchev–Trinajstić information content (AvgIpc) is 2.53. The van der Waals surface area contributed by atoms with Crippen LogP contribution in [0.15, 0.2) is 24.3 Å². The Kier molecular flexibility index (Phi) is 5.82. The molecule has 2 rings (SSSR count). The Morgan fingerprint density at radius 2 is 1.83 bits per heavy atom. The number of nitrogens with zero attached hydrogens (tertiary/aromatic N) is 1. The maximum atomic E-state index is 12.7. The monoisotopic (exact) mass is 318 g/mol. The highest BCUT2D eigenvalue weighted by Gasteiger charge is 2.33. The Morgan fingerprint density at radius 1 is 1.26 bits per heavy atom. The Labute approximate surface area is 139 Å². The third kappa shape index (κ3) is 4.79. The molecule has 0 bridgehead atoms. The molecule has 0 aliphatic carbocycles. The maximum Gasteiger partial charge on any atom is 0.242 e. The minimum absolute atomic E-state index is 0.114. The van der Waals surface area contributed by atoms with Crippen LogP contribution in [0, 0.1) is 0 Å². The van der Waals surface area contributed by atoms with Crippen molar-refractivity contribution in [3.8, 4) is 0 Å². The number of carbonyl (C=O) groups excluding carboxylic acids is 1. The number of nitrogens with one attached hydrogen (secondary N) is 1. The fourth-order valence-electron chi connectivity index (χ4n) is 2.88. The molecule has 0 spiro atoms. The van der Waals surface area contributed by atoms with Crippen molar-refractivity contribution < 1.29 is 9.90 Å². The number of hydrogen-bond donors (Lipinski definition) is 2. The molecule has 1 aromatic rings. The van der Waals surface area contributed by atoms with Gasteiger partial charge in [0.05, 0.1) is 11.6 Å². The van der Waals surface area contributed by atoms with Gasteiger partial charge in [-0.1, -0.05) is 38.1 Å². The minimum atomic E-state index is -0.598. The summed E-state index contributed by atoms with van der Waals surface area (Å²) in [6.45, 7) is 10.2. The van der Waals surface area contributed by atoms with E-state index in [1.165, 1.54) is 11.1 Å². The Bertz CT molecular complexity index is 515. The number of hydrogen-bond acceptors (Lipinski definition) is 3. The zero-order chi connectivity index (χ0) is 17.0. The molecule has 1 heterocycles. The lowest BCUT2D eigenvalue weighted by molar-refractivity contribution is -0.139. The highest BCUT2D eigenvalue weighted by molar-refractivity contribution is 5.85. The zero-order valence-corrected chi connectivity index (χ0v) is 14.8. The topological polar surface area (TPSA) is 52.6 Å². The summed E-state index contributed by atoms with van der Waals surface area (Å²) in [5.41, 5.74) is 1.92. The van der Waals surface area contributed by atoms with Crippen LogP contribution in [-0.2, 0) is 11.3 Å². The summed E-state index contributed by atoms with van der Waals surface area (Å²) in [6, 6.07) is 8.56. The van der Waals surface area contributed by atoms with Crippen LogP contribution >= 0.6 is 0 Å². The molecule has 2 N–H and O–H groups in total. The average molecular weight is 318 g/mol. The largest absolute Gasteiger partial charge is 0.393 e. The molecule has 0 unspecified atom stereocenters. The minimum Gasteiger partial charge on any atom is -0.393 e. The summed E-state index contributed by atoms with van der Waals surface area (Å²) in [5, 5.41) is 12.9. The van der Waals surface area contributed by atoms with E-state index in [2.05, 4.69) is 43.4 Å². The van der Waals surface area contributed by atoms with Gasteiger partial charge in [0, 0.05) is 19.6 Å². The van der Waals surface area contributed by atoms with E-state index in [0.717, 1.165) is 0 Å². The summed E-state index contributed by atoms with van der Waals surface area (Å²) in [7, 11) is 0. The molecule has 4 nitrogen and oxygen atoms in total. The molecule has 1 fully saturated rings. The number of benzene rings is 1. The van der Waals surface area contributed by atoms with Gasteiger partial charge in [-0.25, -0.2) is 0 Å². The van der Waals surface area contributed by atoms with Crippen LogP contribution in [0.4, 0.5) is 0 Å². The molecule has 0 atom stereocenters. The summed E-state index contributed by atoms with van der Waals surface area (Å²) >= 11 is 0. The summed E-state index contributed by atoms with van der Waals surface area (Å²) in [6.07, 6.45) is 1.10. The van der Waals surface area contributed by atoms with Gasteiger partial charge < -0.3 is 10.0 Å². The molecule has 1 saturated heterocycles. The lowest BCUT2D eigenvalue weighted by Gasteiger charge is -2.36. The molecule has 1 aliphatic heterocycles. The van der Waals surface area contributed by atoms with Gasteiger partial charge in [0.1, 0.15) is 0 Å². The van der Waals surface area contributed by atoms with Gasteiger partial charge in [-0.3, -0.25) is 10.1 Å². The van der Waals surface area contributed by atoms with Gasteiger partial charge in [0.25, 0.3) is 0 Å². The molecule has 23 heavy (non-hydrogen) atoms. The van der Waals surface area contributed by atoms with Crippen LogP contribution in [-0.4, -0.2) is 40.6 Å². The van der Waals surface area contributed by atoms with E-state index >= 15 is 0 Å². The van der Waals surface area contributed by atoms with Crippen molar-refractivity contribution >= 4 is 5.91 Å². The molecule has 1 aromatic carbocycles. The number of aliphatic hydroxyl groups is 1. The van der Waals surface area contributed by atoms with Crippen LogP contribution < -0.4 is 5.32 Å². The second kappa shape index (κ2) is 7.45. The van der Waals surface area contributed by atoms with Crippen LogP contribution in [0.3, 0.4) is 0 Å². The molecular weight excluding hydrogens is 288 g/mol. The van der Waals surface area contributed by atoms with Crippen molar-refractivity contribution in [2.45, 2.75) is 64.6 Å². The van der Waals surface area contributed by atoms with Gasteiger partial charge in [-0.15, -0.1) is 0 Å². The first-order valence-electron chi connectivity index (χ1n) is 8.61. The van der Waals surface area contributed by atoms with E-state index in [4.69, 9.17) is 0 Å². The number of rotatable bonds is 5. The van der Waals surface area contributed by atoms with Gasteiger partial charge in [0.15, 0.2) is 0 Å². The van der Waals surface area contributed by atoms with Crippen molar-refractivity contribution in [2.24, 2.45) is 0 Å². The number of amides is 1. The smallest absolute Gasteiger partial charge is 0.242 e. The van der Waals surface area contributed by atoms with E-state index < -0.39 is 5.54 Å². The first-order valence-corrected chi connectivity index (χ1v) is 8.61. The van der Waals surface area contributed by atoms with Gasteiger partial charge in [-0.05, 0) is 43.7 Å². The van der Waals surface area contributed by atoms with Gasteiger partial charge in [-0.2, -0.15) is 0 Å². The standard InChI is InChI=1S/C19H30N2O2/c1-14(2)16-7-5-15(6-8-16)13-20-19(3,4)18(23)21-11-9-17(22)10-12-21/h5-8,14,17,20,22H,9-13H2,1-4H3. The fourth-order valence-corrected chi connectivity index (χ4v) is 2.88. The molecule has 128 valence electrons. The Balaban J connectivity index is 1.91. The molecule has 0 radical (unpaired) electrons. The fraction of sp³-hybridized carbons (Fsp3) is 0.632. The molecule has 1 aliphatic rings. The second-order valence-corrected chi connectivity index (χ2v) is 7.40. The first kappa shape index (κ1) is 18.0. The van der Waals surface area contributed by atoms with E-state index in [1.54, 1.807) is 0 Å². The predicted octanol–water partition coefficient (Wildman–Crippen LogP) is 2.66. The number of likely N-dealkylation sites (tertiary alicyclic amines) is 1. The van der Waals surface area contributed by atoms with Gasteiger partial charge >= 0.3 is 0 Å². The highest BCUT2D eigenvalue weighted by Crippen LogP contribution is 2.17. The lowest BCUT2D eigenvalue weighted by atomic mass is 9.99. The number of aliphatic hydroxyl groups excluding tert-OH is 1. The van der Waals surface area contributed by atoms with E-state index in [-0.39, 0.29) is 12.0 Å². The molecule has 0 aromatic heterocycles. The first-order chi connectivity index (χ1) is 10.8. The molecular formula is C19H30N2O2. The molecule has 1 amide bonds. The van der Waals surface area contributed by atoms with Crippen molar-refractivity contribution in [3.63, 3.8) is 0 Å². The highest BCUT2D eigenvalue weighted by atomic mass is 16.3. The van der Waals surface area contributed by atoms with Crippen molar-refractivity contribution in [2.75, 3.05) is 13.1 Å². The van der Waals surface area contributed by atoms with E-state index in [1.807, 2.05) is 18.7 Å². The van der Waals surface area contributed by atoms with Crippen LogP contribution in [0.1, 0.15) is 57.6 Å². The number of carbonyl (C=O) groups is 1. The van der Waals surface area contributed by atoms with Crippen LogP contribution in [0.2, 0.25) is 0 Å². The maximum absolute atomic E-state index is 12.7.